The molecular formula is C6H15NO4P+. The van der Waals surface area contributed by atoms with Crippen molar-refractivity contribution in [3.8, 4) is 0 Å². The zero-order chi connectivity index (χ0) is 10.2. The summed E-state index contributed by atoms with van der Waals surface area (Å²) in [4.78, 5) is 18.3. The summed E-state index contributed by atoms with van der Waals surface area (Å²) in [6.07, 6.45) is 0. The quantitative estimate of drug-likeness (QED) is 0.525. The summed E-state index contributed by atoms with van der Waals surface area (Å²) in [6, 6.07) is 0. The Morgan fingerprint density at radius 2 is 1.67 bits per heavy atom. The third-order valence-electron chi connectivity index (χ3n) is 0.686. The molecule has 0 fully saturated rings. The largest absolute Gasteiger partial charge is 0.456 e. The molecule has 0 radical (unpaired) electrons. The standard InChI is InChI=1S/C3H9NO3P.C3H6O/c1-6-8(5,3-4)7-2;1-3(2)4/h3-5H,1-2H3;1-2H3/q+1;. The van der Waals surface area contributed by atoms with Gasteiger partial charge in [0.15, 0.2) is 0 Å². The van der Waals surface area contributed by atoms with Crippen LogP contribution in [0.5, 0.6) is 0 Å². The van der Waals surface area contributed by atoms with Gasteiger partial charge in [0.2, 0.25) is 5.96 Å². The highest BCUT2D eigenvalue weighted by atomic mass is 31.2. The predicted octanol–water partition coefficient (Wildman–Crippen LogP) is 1.24. The lowest BCUT2D eigenvalue weighted by atomic mass is 10.6. The van der Waals surface area contributed by atoms with Crippen LogP contribution in [0, 0.1) is 5.41 Å². The van der Waals surface area contributed by atoms with Crippen LogP contribution in [0.25, 0.3) is 0 Å². The van der Waals surface area contributed by atoms with E-state index in [1.165, 1.54) is 28.1 Å². The number of ketones is 1. The van der Waals surface area contributed by atoms with Crippen LogP contribution in [0.3, 0.4) is 0 Å². The van der Waals surface area contributed by atoms with Crippen LogP contribution in [0.4, 0.5) is 0 Å². The highest BCUT2D eigenvalue weighted by molar-refractivity contribution is 7.75. The molecule has 0 amide bonds. The Bertz CT molecular complexity index is 142. The van der Waals surface area contributed by atoms with Crippen molar-refractivity contribution in [3.05, 3.63) is 0 Å². The van der Waals surface area contributed by atoms with Crippen LogP contribution < -0.4 is 0 Å². The van der Waals surface area contributed by atoms with Gasteiger partial charge >= 0.3 is 7.94 Å². The molecule has 2 N–H and O–H groups in total. The molecule has 0 saturated carbocycles. The number of hydrogen-bond donors (Lipinski definition) is 2. The maximum absolute atomic E-state index is 9.44. The third-order valence-corrected chi connectivity index (χ3v) is 2.06. The minimum Gasteiger partial charge on any atom is -0.300 e. The first kappa shape index (κ1) is 14.2. The maximum Gasteiger partial charge on any atom is 0.456 e. The Morgan fingerprint density at radius 1 is 1.42 bits per heavy atom. The van der Waals surface area contributed by atoms with Gasteiger partial charge in [0.1, 0.15) is 5.78 Å². The number of rotatable bonds is 3. The van der Waals surface area contributed by atoms with Gasteiger partial charge in [0.25, 0.3) is 0 Å². The Balaban J connectivity index is 0. The number of hydrogen-bond acceptors (Lipinski definition) is 5. The Labute approximate surface area is 72.8 Å². The van der Waals surface area contributed by atoms with Crippen molar-refractivity contribution in [2.45, 2.75) is 13.8 Å². The summed E-state index contributed by atoms with van der Waals surface area (Å²) in [7, 11) is -0.282. The van der Waals surface area contributed by atoms with Gasteiger partial charge in [0, 0.05) is 0 Å². The van der Waals surface area contributed by atoms with E-state index in [0.717, 1.165) is 5.96 Å². The monoisotopic (exact) mass is 196 g/mol. The summed E-state index contributed by atoms with van der Waals surface area (Å²) in [5.41, 5.74) is 0. The van der Waals surface area contributed by atoms with Crippen molar-refractivity contribution in [3.63, 3.8) is 0 Å². The van der Waals surface area contributed by atoms with Gasteiger partial charge in [-0.1, -0.05) is 0 Å². The molecule has 0 aliphatic rings. The van der Waals surface area contributed by atoms with Crippen molar-refractivity contribution in [1.29, 1.82) is 5.41 Å². The van der Waals surface area contributed by atoms with E-state index in [-0.39, 0.29) is 5.78 Å². The van der Waals surface area contributed by atoms with E-state index in [1.807, 2.05) is 0 Å². The van der Waals surface area contributed by atoms with E-state index in [2.05, 4.69) is 9.05 Å². The topological polar surface area (TPSA) is 79.6 Å². The first-order chi connectivity index (χ1) is 5.41. The van der Waals surface area contributed by atoms with Crippen LogP contribution in [0.15, 0.2) is 0 Å². The molecule has 6 heteroatoms. The van der Waals surface area contributed by atoms with Crippen molar-refractivity contribution < 1.29 is 18.7 Å². The van der Waals surface area contributed by atoms with Crippen LogP contribution in [0.2, 0.25) is 0 Å². The zero-order valence-corrected chi connectivity index (χ0v) is 8.59. The fourth-order valence-electron chi connectivity index (χ4n) is 0.180. The maximum atomic E-state index is 9.44. The van der Waals surface area contributed by atoms with Gasteiger partial charge in [-0.2, -0.15) is 13.9 Å². The molecule has 0 saturated heterocycles. The molecule has 0 rings (SSSR count). The van der Waals surface area contributed by atoms with Gasteiger partial charge in [-0.05, 0) is 13.8 Å². The molecular weight excluding hydrogens is 181 g/mol. The SMILES string of the molecule is CC(C)=O.CO[P+](O)(C=N)OC. The second-order valence-corrected chi connectivity index (χ2v) is 4.08. The summed E-state index contributed by atoms with van der Waals surface area (Å²) in [5.74, 6) is 0.938. The molecule has 72 valence electrons. The van der Waals surface area contributed by atoms with Gasteiger partial charge in [-0.15, -0.1) is 0 Å². The number of Topliss-reactive ketones (excluding diaryl/α,β-unsaturated/α-hetero) is 1. The molecule has 0 aromatic carbocycles. The Morgan fingerprint density at radius 3 is 1.67 bits per heavy atom. The van der Waals surface area contributed by atoms with Crippen LogP contribution in [-0.2, 0) is 13.8 Å². The van der Waals surface area contributed by atoms with Crippen LogP contribution in [0.1, 0.15) is 13.8 Å². The lowest BCUT2D eigenvalue weighted by molar-refractivity contribution is -0.114. The second kappa shape index (κ2) is 7.31. The summed E-state index contributed by atoms with van der Waals surface area (Å²) < 4.78 is 8.88. The van der Waals surface area contributed by atoms with Gasteiger partial charge < -0.3 is 4.79 Å². The first-order valence-corrected chi connectivity index (χ1v) is 4.78. The number of carbonyl (C=O) groups is 1. The molecule has 0 bridgehead atoms. The molecule has 0 spiro atoms. The van der Waals surface area contributed by atoms with Gasteiger partial charge in [0.05, 0.1) is 14.2 Å². The molecule has 0 atom stereocenters. The van der Waals surface area contributed by atoms with E-state index in [1.54, 1.807) is 0 Å². The van der Waals surface area contributed by atoms with Crippen LogP contribution in [-0.4, -0.2) is 30.9 Å². The summed E-state index contributed by atoms with van der Waals surface area (Å²) >= 11 is 0. The fourth-order valence-corrected chi connectivity index (χ4v) is 0.540. The van der Waals surface area contributed by atoms with Crippen molar-refractivity contribution in [2.75, 3.05) is 14.2 Å². The molecule has 0 aliphatic carbocycles. The average molecular weight is 196 g/mol. The molecule has 0 aromatic rings. The van der Waals surface area contributed by atoms with Gasteiger partial charge in [-0.25, -0.2) is 0 Å². The number of nitrogens with one attached hydrogen (secondary N) is 1. The van der Waals surface area contributed by atoms with E-state index in [4.69, 9.17) is 10.3 Å². The molecule has 0 unspecified atom stereocenters. The first-order valence-electron chi connectivity index (χ1n) is 3.13. The molecule has 0 aliphatic heterocycles. The lowest BCUT2D eigenvalue weighted by Crippen LogP contribution is -1.95. The smallest absolute Gasteiger partial charge is 0.300 e. The van der Waals surface area contributed by atoms with Crippen molar-refractivity contribution in [2.24, 2.45) is 0 Å². The molecule has 0 heterocycles. The highest BCUT2D eigenvalue weighted by Crippen LogP contribution is 2.51. The van der Waals surface area contributed by atoms with Crippen LogP contribution >= 0.6 is 7.94 Å². The minimum absolute atomic E-state index is 0.167. The van der Waals surface area contributed by atoms with Crippen molar-refractivity contribution in [1.82, 2.24) is 0 Å². The minimum atomic E-state index is -2.87. The fraction of sp³-hybridized carbons (Fsp3) is 0.667. The average Bonchev–Trinajstić information content (AvgIpc) is 2.02. The predicted molar refractivity (Wildman–Crippen MR) is 48.3 cm³/mol. The zero-order valence-electron chi connectivity index (χ0n) is 7.70. The van der Waals surface area contributed by atoms with E-state index in [0.29, 0.717) is 0 Å². The van der Waals surface area contributed by atoms with E-state index in [9.17, 15) is 4.79 Å². The second-order valence-electron chi connectivity index (χ2n) is 1.97. The normalized spacial score (nSPS) is 9.75. The summed E-state index contributed by atoms with van der Waals surface area (Å²) in [6.45, 7) is 3.06. The Kier molecular flexibility index (Phi) is 8.64. The number of carbonyl (C=O) groups excluding carboxylic acids is 1. The van der Waals surface area contributed by atoms with Crippen molar-refractivity contribution >= 4 is 19.7 Å². The molecule has 5 nitrogen and oxygen atoms in total. The van der Waals surface area contributed by atoms with Gasteiger partial charge in [-0.3, -0.25) is 5.41 Å². The highest BCUT2D eigenvalue weighted by Gasteiger charge is 2.34. The van der Waals surface area contributed by atoms with E-state index < -0.39 is 7.94 Å². The molecule has 12 heavy (non-hydrogen) atoms. The molecule has 0 aromatic heterocycles. The van der Waals surface area contributed by atoms with E-state index >= 15 is 0 Å². The summed E-state index contributed by atoms with van der Waals surface area (Å²) in [5, 5.41) is 6.58. The Hall–Kier alpha value is -0.350. The third kappa shape index (κ3) is 9.65. The lowest BCUT2D eigenvalue weighted by Gasteiger charge is -2.03.